The Morgan fingerprint density at radius 1 is 1.28 bits per heavy atom. The molecule has 1 aromatic carbocycles. The molecule has 0 amide bonds. The number of imidazole rings is 1. The molecule has 3 heterocycles. The molecule has 0 aliphatic heterocycles. The monoisotopic (exact) mass is 410 g/mol. The molecule has 4 aromatic rings. The Morgan fingerprint density at radius 2 is 2.07 bits per heavy atom. The molecule has 0 radical (unpaired) electrons. The fourth-order valence-corrected chi connectivity index (χ4v) is 3.99. The van der Waals surface area contributed by atoms with Crippen LogP contribution in [0.1, 0.15) is 23.2 Å². The zero-order chi connectivity index (χ0) is 20.3. The molecule has 0 spiro atoms. The minimum absolute atomic E-state index is 0.144. The topological polar surface area (TPSA) is 82.2 Å². The van der Waals surface area contributed by atoms with Gasteiger partial charge in [0.05, 0.1) is 23.9 Å². The number of aryl methyl sites for hydroxylation is 1. The van der Waals surface area contributed by atoms with Gasteiger partial charge in [0.2, 0.25) is 0 Å². The number of ether oxygens (including phenoxy) is 1. The van der Waals surface area contributed by atoms with Crippen LogP contribution in [0.4, 0.5) is 0 Å². The lowest BCUT2D eigenvalue weighted by Gasteiger charge is -2.10. The Labute approximate surface area is 171 Å². The third kappa shape index (κ3) is 2.93. The molecule has 1 N–H and O–H groups in total. The number of benzene rings is 1. The minimum Gasteiger partial charge on any atom is -0.494 e. The molecule has 8 heteroatoms. The van der Waals surface area contributed by atoms with E-state index in [1.165, 1.54) is 26.0 Å². The highest BCUT2D eigenvalue weighted by Crippen LogP contribution is 2.37. The van der Waals surface area contributed by atoms with Crippen molar-refractivity contribution in [2.75, 3.05) is 7.11 Å². The van der Waals surface area contributed by atoms with Crippen molar-refractivity contribution in [3.8, 4) is 17.3 Å². The van der Waals surface area contributed by atoms with E-state index in [0.717, 1.165) is 34.6 Å². The van der Waals surface area contributed by atoms with Crippen molar-refractivity contribution in [3.05, 3.63) is 41.0 Å². The molecule has 0 unspecified atom stereocenters. The van der Waals surface area contributed by atoms with Gasteiger partial charge in [-0.25, -0.2) is 14.8 Å². The predicted octanol–water partition coefficient (Wildman–Crippen LogP) is 4.36. The Morgan fingerprint density at radius 3 is 2.76 bits per heavy atom. The molecule has 0 bridgehead atoms. The number of carboxylic acids is 1. The highest BCUT2D eigenvalue weighted by molar-refractivity contribution is 6.29. The van der Waals surface area contributed by atoms with E-state index in [4.69, 9.17) is 21.3 Å². The highest BCUT2D eigenvalue weighted by Gasteiger charge is 2.26. The van der Waals surface area contributed by atoms with Crippen LogP contribution in [0.25, 0.3) is 33.6 Å². The van der Waals surface area contributed by atoms with Crippen LogP contribution in [0.2, 0.25) is 5.15 Å². The van der Waals surface area contributed by atoms with E-state index >= 15 is 0 Å². The second-order valence-corrected chi connectivity index (χ2v) is 7.86. The Kier molecular flexibility index (Phi) is 4.03. The second kappa shape index (κ2) is 6.49. The van der Waals surface area contributed by atoms with Gasteiger partial charge in [-0.15, -0.1) is 0 Å². The predicted molar refractivity (Wildman–Crippen MR) is 111 cm³/mol. The lowest BCUT2D eigenvalue weighted by Crippen LogP contribution is -2.05. The zero-order valence-electron chi connectivity index (χ0n) is 16.0. The van der Waals surface area contributed by atoms with E-state index in [1.54, 1.807) is 12.1 Å². The van der Waals surface area contributed by atoms with Gasteiger partial charge >= 0.3 is 5.97 Å². The largest absolute Gasteiger partial charge is 0.494 e. The van der Waals surface area contributed by atoms with Crippen molar-refractivity contribution < 1.29 is 14.6 Å². The standard InChI is InChI=1S/C21H19ClN4O3/c1-25-18-14(7-13(21(27)28)9-16(18)29-2)23-20(25)15-8-12-5-6-17(22)24-19(12)26(15)10-11-3-4-11/h5-9,11H,3-4,10H2,1-2H3,(H,27,28). The second-order valence-electron chi connectivity index (χ2n) is 7.48. The smallest absolute Gasteiger partial charge is 0.335 e. The van der Waals surface area contributed by atoms with Crippen LogP contribution in [0.5, 0.6) is 5.75 Å². The van der Waals surface area contributed by atoms with Gasteiger partial charge < -0.3 is 19.0 Å². The molecule has 1 aliphatic carbocycles. The number of aromatic nitrogens is 4. The molecule has 1 saturated carbocycles. The number of hydrogen-bond donors (Lipinski definition) is 1. The van der Waals surface area contributed by atoms with Crippen LogP contribution < -0.4 is 4.74 Å². The van der Waals surface area contributed by atoms with Crippen LogP contribution in [0, 0.1) is 5.92 Å². The van der Waals surface area contributed by atoms with Gasteiger partial charge in [0.15, 0.2) is 5.82 Å². The summed E-state index contributed by atoms with van der Waals surface area (Å²) in [6.45, 7) is 0.854. The molecule has 5 rings (SSSR count). The van der Waals surface area contributed by atoms with Gasteiger partial charge in [-0.05, 0) is 49.1 Å². The molecule has 3 aromatic heterocycles. The summed E-state index contributed by atoms with van der Waals surface area (Å²) >= 11 is 6.16. The van der Waals surface area contributed by atoms with Crippen LogP contribution >= 0.6 is 11.6 Å². The van der Waals surface area contributed by atoms with Crippen molar-refractivity contribution in [2.24, 2.45) is 13.0 Å². The lowest BCUT2D eigenvalue weighted by atomic mass is 10.2. The number of nitrogens with zero attached hydrogens (tertiary/aromatic N) is 4. The summed E-state index contributed by atoms with van der Waals surface area (Å²) in [5.74, 6) is 0.829. The number of rotatable bonds is 5. The number of hydrogen-bond acceptors (Lipinski definition) is 4. The van der Waals surface area contributed by atoms with Crippen molar-refractivity contribution in [1.29, 1.82) is 0 Å². The molecular weight excluding hydrogens is 392 g/mol. The molecule has 148 valence electrons. The Hall–Kier alpha value is -3.06. The fourth-order valence-electron chi connectivity index (χ4n) is 3.85. The van der Waals surface area contributed by atoms with E-state index in [-0.39, 0.29) is 5.56 Å². The van der Waals surface area contributed by atoms with Crippen molar-refractivity contribution >= 4 is 39.6 Å². The lowest BCUT2D eigenvalue weighted by molar-refractivity contribution is 0.0696. The number of halogens is 1. The highest BCUT2D eigenvalue weighted by atomic mass is 35.5. The van der Waals surface area contributed by atoms with E-state index in [2.05, 4.69) is 15.6 Å². The zero-order valence-corrected chi connectivity index (χ0v) is 16.8. The molecule has 1 fully saturated rings. The van der Waals surface area contributed by atoms with Gasteiger partial charge in [0.25, 0.3) is 0 Å². The van der Waals surface area contributed by atoms with Gasteiger partial charge in [-0.1, -0.05) is 11.6 Å². The first-order chi connectivity index (χ1) is 14.0. The maximum atomic E-state index is 11.5. The van der Waals surface area contributed by atoms with Gasteiger partial charge in [0, 0.05) is 19.0 Å². The van der Waals surface area contributed by atoms with E-state index < -0.39 is 5.97 Å². The maximum Gasteiger partial charge on any atom is 0.335 e. The first-order valence-electron chi connectivity index (χ1n) is 9.40. The SMILES string of the molecule is COc1cc(C(=O)O)cc2nc(-c3cc4ccc(Cl)nc4n3CC3CC3)n(C)c12. The summed E-state index contributed by atoms with van der Waals surface area (Å²) in [7, 11) is 3.44. The Bertz CT molecular complexity index is 1290. The summed E-state index contributed by atoms with van der Waals surface area (Å²) in [5.41, 5.74) is 3.24. The molecule has 1 aliphatic rings. The number of fused-ring (bicyclic) bond motifs is 2. The first-order valence-corrected chi connectivity index (χ1v) is 9.78. The number of aromatic carboxylic acids is 1. The van der Waals surface area contributed by atoms with Gasteiger partial charge in [0.1, 0.15) is 22.1 Å². The third-order valence-corrected chi connectivity index (χ3v) is 5.69. The summed E-state index contributed by atoms with van der Waals surface area (Å²) in [4.78, 5) is 20.8. The molecular formula is C21H19ClN4O3. The van der Waals surface area contributed by atoms with E-state index in [0.29, 0.717) is 22.3 Å². The molecule has 0 saturated heterocycles. The van der Waals surface area contributed by atoms with Crippen molar-refractivity contribution in [1.82, 2.24) is 19.1 Å². The number of carboxylic acid groups (broad SMARTS) is 1. The quantitative estimate of drug-likeness (QED) is 0.494. The van der Waals surface area contributed by atoms with Gasteiger partial charge in [-0.3, -0.25) is 0 Å². The number of pyridine rings is 1. The summed E-state index contributed by atoms with van der Waals surface area (Å²) < 4.78 is 9.58. The summed E-state index contributed by atoms with van der Waals surface area (Å²) in [5, 5.41) is 10.9. The summed E-state index contributed by atoms with van der Waals surface area (Å²) in [6.07, 6.45) is 2.41. The average Bonchev–Trinajstić information content (AvgIpc) is 3.37. The van der Waals surface area contributed by atoms with Gasteiger partial charge in [-0.2, -0.15) is 0 Å². The first kappa shape index (κ1) is 18.0. The summed E-state index contributed by atoms with van der Waals surface area (Å²) in [6, 6.07) is 8.91. The molecule has 7 nitrogen and oxygen atoms in total. The van der Waals surface area contributed by atoms with E-state index in [1.807, 2.05) is 17.7 Å². The van der Waals surface area contributed by atoms with Crippen LogP contribution in [-0.2, 0) is 13.6 Å². The number of methoxy groups -OCH3 is 1. The molecule has 29 heavy (non-hydrogen) atoms. The normalized spacial score (nSPS) is 14.0. The van der Waals surface area contributed by atoms with Crippen LogP contribution in [0.3, 0.4) is 0 Å². The van der Waals surface area contributed by atoms with Crippen molar-refractivity contribution in [3.63, 3.8) is 0 Å². The third-order valence-electron chi connectivity index (χ3n) is 5.48. The maximum absolute atomic E-state index is 11.5. The average molecular weight is 411 g/mol. The Balaban J connectivity index is 1.78. The van der Waals surface area contributed by atoms with Crippen molar-refractivity contribution in [2.45, 2.75) is 19.4 Å². The van der Waals surface area contributed by atoms with Crippen LogP contribution in [0.15, 0.2) is 30.3 Å². The minimum atomic E-state index is -1.01. The molecule has 0 atom stereocenters. The van der Waals surface area contributed by atoms with Crippen LogP contribution in [-0.4, -0.2) is 37.3 Å². The number of carbonyl (C=O) groups is 1. The fraction of sp³-hybridized carbons (Fsp3) is 0.286. The van der Waals surface area contributed by atoms with E-state index in [9.17, 15) is 9.90 Å².